The SMILES string of the molecule is C=CCn1ncc(-c2ccc(C(=O)OC)cc2)n1. The van der Waals surface area contributed by atoms with E-state index in [-0.39, 0.29) is 5.97 Å². The number of hydrogen-bond donors (Lipinski definition) is 0. The van der Waals surface area contributed by atoms with Gasteiger partial charge in [0, 0.05) is 5.56 Å². The molecule has 0 aliphatic rings. The quantitative estimate of drug-likeness (QED) is 0.608. The van der Waals surface area contributed by atoms with E-state index in [1.54, 1.807) is 29.2 Å². The number of rotatable bonds is 4. The molecule has 5 nitrogen and oxygen atoms in total. The zero-order valence-corrected chi connectivity index (χ0v) is 10.0. The number of allylic oxidation sites excluding steroid dienone is 1. The Morgan fingerprint density at radius 2 is 2.17 bits per heavy atom. The Balaban J connectivity index is 2.22. The molecule has 0 atom stereocenters. The molecule has 0 radical (unpaired) electrons. The summed E-state index contributed by atoms with van der Waals surface area (Å²) in [5.41, 5.74) is 2.17. The molecule has 0 bridgehead atoms. The minimum atomic E-state index is -0.350. The smallest absolute Gasteiger partial charge is 0.337 e. The fourth-order valence-corrected chi connectivity index (χ4v) is 1.53. The van der Waals surface area contributed by atoms with Gasteiger partial charge in [0.25, 0.3) is 0 Å². The summed E-state index contributed by atoms with van der Waals surface area (Å²) in [6.07, 6.45) is 3.40. The number of carbonyl (C=O) groups excluding carboxylic acids is 1. The maximum absolute atomic E-state index is 11.3. The Morgan fingerprint density at radius 3 is 2.78 bits per heavy atom. The molecule has 0 amide bonds. The van der Waals surface area contributed by atoms with Gasteiger partial charge < -0.3 is 4.74 Å². The van der Waals surface area contributed by atoms with Crippen molar-refractivity contribution in [2.45, 2.75) is 6.54 Å². The molecule has 2 rings (SSSR count). The average molecular weight is 243 g/mol. The fraction of sp³-hybridized carbons (Fsp3) is 0.154. The topological polar surface area (TPSA) is 57.0 Å². The number of ether oxygens (including phenoxy) is 1. The van der Waals surface area contributed by atoms with Crippen LogP contribution in [-0.2, 0) is 11.3 Å². The largest absolute Gasteiger partial charge is 0.465 e. The van der Waals surface area contributed by atoms with Gasteiger partial charge in [-0.2, -0.15) is 15.0 Å². The number of benzene rings is 1. The van der Waals surface area contributed by atoms with Crippen molar-refractivity contribution < 1.29 is 9.53 Å². The highest BCUT2D eigenvalue weighted by molar-refractivity contribution is 5.89. The van der Waals surface area contributed by atoms with E-state index in [0.717, 1.165) is 11.3 Å². The van der Waals surface area contributed by atoms with Gasteiger partial charge in [-0.05, 0) is 12.1 Å². The van der Waals surface area contributed by atoms with Gasteiger partial charge in [-0.25, -0.2) is 4.79 Å². The Morgan fingerprint density at radius 1 is 1.44 bits per heavy atom. The van der Waals surface area contributed by atoms with Crippen molar-refractivity contribution in [2.24, 2.45) is 0 Å². The summed E-state index contributed by atoms with van der Waals surface area (Å²) in [6, 6.07) is 7.03. The van der Waals surface area contributed by atoms with Crippen LogP contribution in [0, 0.1) is 0 Å². The molecule has 0 fully saturated rings. The fourth-order valence-electron chi connectivity index (χ4n) is 1.53. The summed E-state index contributed by atoms with van der Waals surface area (Å²) in [6.45, 7) is 4.20. The monoisotopic (exact) mass is 243 g/mol. The van der Waals surface area contributed by atoms with E-state index in [9.17, 15) is 4.79 Å². The van der Waals surface area contributed by atoms with Crippen LogP contribution in [0.1, 0.15) is 10.4 Å². The predicted octanol–water partition coefficient (Wildman–Crippen LogP) is 1.92. The summed E-state index contributed by atoms with van der Waals surface area (Å²) in [5.74, 6) is -0.350. The Kier molecular flexibility index (Phi) is 3.52. The Bertz CT molecular complexity index is 558. The molecular weight excluding hydrogens is 230 g/mol. The molecule has 0 spiro atoms. The van der Waals surface area contributed by atoms with Crippen LogP contribution in [0.15, 0.2) is 43.1 Å². The Hall–Kier alpha value is -2.43. The van der Waals surface area contributed by atoms with Crippen LogP contribution in [0.5, 0.6) is 0 Å². The van der Waals surface area contributed by atoms with Crippen molar-refractivity contribution >= 4 is 5.97 Å². The third-order valence-electron chi connectivity index (χ3n) is 2.43. The predicted molar refractivity (Wildman–Crippen MR) is 67.0 cm³/mol. The average Bonchev–Trinajstić information content (AvgIpc) is 2.87. The third kappa shape index (κ3) is 2.45. The van der Waals surface area contributed by atoms with Crippen LogP contribution in [0.3, 0.4) is 0 Å². The zero-order valence-electron chi connectivity index (χ0n) is 10.0. The third-order valence-corrected chi connectivity index (χ3v) is 2.43. The van der Waals surface area contributed by atoms with Crippen LogP contribution >= 0.6 is 0 Å². The van der Waals surface area contributed by atoms with E-state index in [0.29, 0.717) is 12.1 Å². The summed E-state index contributed by atoms with van der Waals surface area (Å²) in [4.78, 5) is 12.8. The molecule has 2 aromatic rings. The standard InChI is InChI=1S/C13H13N3O2/c1-3-8-16-14-9-12(15-16)10-4-6-11(7-5-10)13(17)18-2/h3-7,9H,1,8H2,2H3. The summed E-state index contributed by atoms with van der Waals surface area (Å²) < 4.78 is 4.64. The van der Waals surface area contributed by atoms with Crippen molar-refractivity contribution in [3.05, 3.63) is 48.7 Å². The van der Waals surface area contributed by atoms with E-state index in [1.807, 2.05) is 12.1 Å². The maximum Gasteiger partial charge on any atom is 0.337 e. The minimum absolute atomic E-state index is 0.350. The molecule has 0 N–H and O–H groups in total. The molecule has 92 valence electrons. The van der Waals surface area contributed by atoms with Crippen LogP contribution in [-0.4, -0.2) is 28.1 Å². The molecule has 0 aliphatic heterocycles. The van der Waals surface area contributed by atoms with E-state index in [1.165, 1.54) is 7.11 Å². The van der Waals surface area contributed by atoms with Gasteiger partial charge in [-0.15, -0.1) is 6.58 Å². The number of methoxy groups -OCH3 is 1. The van der Waals surface area contributed by atoms with Crippen LogP contribution in [0.25, 0.3) is 11.3 Å². The van der Waals surface area contributed by atoms with E-state index in [4.69, 9.17) is 0 Å². The Labute approximate surface area is 105 Å². The van der Waals surface area contributed by atoms with Crippen molar-refractivity contribution in [2.75, 3.05) is 7.11 Å². The maximum atomic E-state index is 11.3. The number of nitrogens with zero attached hydrogens (tertiary/aromatic N) is 3. The number of aromatic nitrogens is 3. The number of hydrogen-bond acceptors (Lipinski definition) is 4. The normalized spacial score (nSPS) is 10.1. The van der Waals surface area contributed by atoms with Gasteiger partial charge in [-0.3, -0.25) is 0 Å². The molecule has 0 unspecified atom stereocenters. The zero-order chi connectivity index (χ0) is 13.0. The van der Waals surface area contributed by atoms with Gasteiger partial charge in [0.2, 0.25) is 0 Å². The van der Waals surface area contributed by atoms with Crippen LogP contribution in [0.2, 0.25) is 0 Å². The van der Waals surface area contributed by atoms with Gasteiger partial charge in [0.1, 0.15) is 5.69 Å². The van der Waals surface area contributed by atoms with Crippen LogP contribution < -0.4 is 0 Å². The van der Waals surface area contributed by atoms with E-state index in [2.05, 4.69) is 21.5 Å². The van der Waals surface area contributed by atoms with Gasteiger partial charge in [-0.1, -0.05) is 18.2 Å². The molecule has 1 heterocycles. The highest BCUT2D eigenvalue weighted by Gasteiger charge is 2.07. The first-order valence-electron chi connectivity index (χ1n) is 5.44. The molecular formula is C13H13N3O2. The van der Waals surface area contributed by atoms with Crippen molar-refractivity contribution in [1.82, 2.24) is 15.0 Å². The van der Waals surface area contributed by atoms with Crippen molar-refractivity contribution in [3.8, 4) is 11.3 Å². The molecule has 0 saturated carbocycles. The lowest BCUT2D eigenvalue weighted by molar-refractivity contribution is 0.0601. The molecule has 1 aromatic heterocycles. The lowest BCUT2D eigenvalue weighted by atomic mass is 10.1. The summed E-state index contributed by atoms with van der Waals surface area (Å²) in [5, 5.41) is 8.38. The lowest BCUT2D eigenvalue weighted by Crippen LogP contribution is -2.00. The highest BCUT2D eigenvalue weighted by atomic mass is 16.5. The van der Waals surface area contributed by atoms with Crippen LogP contribution in [0.4, 0.5) is 0 Å². The first-order valence-corrected chi connectivity index (χ1v) is 5.44. The van der Waals surface area contributed by atoms with Gasteiger partial charge in [0.15, 0.2) is 0 Å². The summed E-state index contributed by atoms with van der Waals surface area (Å²) in [7, 11) is 1.36. The molecule has 0 aliphatic carbocycles. The number of esters is 1. The van der Waals surface area contributed by atoms with Crippen molar-refractivity contribution in [1.29, 1.82) is 0 Å². The summed E-state index contributed by atoms with van der Waals surface area (Å²) >= 11 is 0. The molecule has 1 aromatic carbocycles. The number of carbonyl (C=O) groups is 1. The second-order valence-corrected chi connectivity index (χ2v) is 3.64. The van der Waals surface area contributed by atoms with E-state index >= 15 is 0 Å². The molecule has 18 heavy (non-hydrogen) atoms. The van der Waals surface area contributed by atoms with Gasteiger partial charge in [0.05, 0.1) is 25.4 Å². The molecule has 0 saturated heterocycles. The molecule has 5 heteroatoms. The highest BCUT2D eigenvalue weighted by Crippen LogP contribution is 2.16. The lowest BCUT2D eigenvalue weighted by Gasteiger charge is -2.00. The minimum Gasteiger partial charge on any atom is -0.465 e. The van der Waals surface area contributed by atoms with E-state index < -0.39 is 0 Å². The second kappa shape index (κ2) is 5.27. The first kappa shape index (κ1) is 12.0. The first-order chi connectivity index (χ1) is 8.74. The van der Waals surface area contributed by atoms with Crippen molar-refractivity contribution in [3.63, 3.8) is 0 Å². The van der Waals surface area contributed by atoms with Gasteiger partial charge >= 0.3 is 5.97 Å². The second-order valence-electron chi connectivity index (χ2n) is 3.64.